The second-order valence-electron chi connectivity index (χ2n) is 7.01. The molecule has 0 aliphatic carbocycles. The van der Waals surface area contributed by atoms with Crippen molar-refractivity contribution in [3.8, 4) is 11.4 Å². The van der Waals surface area contributed by atoms with Gasteiger partial charge < -0.3 is 9.88 Å². The predicted octanol–water partition coefficient (Wildman–Crippen LogP) is 4.24. The molecule has 1 aliphatic rings. The molecule has 1 aromatic heterocycles. The van der Waals surface area contributed by atoms with E-state index >= 15 is 0 Å². The fourth-order valence-corrected chi connectivity index (χ4v) is 3.53. The number of amides is 1. The van der Waals surface area contributed by atoms with Crippen LogP contribution in [0.1, 0.15) is 37.1 Å². The highest BCUT2D eigenvalue weighted by atomic mass is 16.1. The van der Waals surface area contributed by atoms with Gasteiger partial charge in [0.05, 0.1) is 0 Å². The molecule has 0 radical (unpaired) electrons. The third-order valence-corrected chi connectivity index (χ3v) is 5.02. The zero-order valence-electron chi connectivity index (χ0n) is 15.4. The highest BCUT2D eigenvalue weighted by Crippen LogP contribution is 2.24. The van der Waals surface area contributed by atoms with Crippen LogP contribution < -0.4 is 5.32 Å². The third-order valence-electron chi connectivity index (χ3n) is 5.02. The van der Waals surface area contributed by atoms with Crippen molar-refractivity contribution in [3.05, 3.63) is 66.0 Å². The fourth-order valence-electron chi connectivity index (χ4n) is 3.53. The van der Waals surface area contributed by atoms with Crippen LogP contribution in [0.4, 0.5) is 5.69 Å². The minimum absolute atomic E-state index is 0.0305. The minimum atomic E-state index is 0.0305. The van der Waals surface area contributed by atoms with E-state index in [4.69, 9.17) is 0 Å². The van der Waals surface area contributed by atoms with E-state index in [0.717, 1.165) is 42.3 Å². The van der Waals surface area contributed by atoms with E-state index in [2.05, 4.69) is 20.1 Å². The lowest BCUT2D eigenvalue weighted by Crippen LogP contribution is -2.12. The summed E-state index contributed by atoms with van der Waals surface area (Å²) in [6.45, 7) is 0.982. The maximum absolute atomic E-state index is 12.2. The molecular formula is C22H24N4O. The molecule has 138 valence electrons. The van der Waals surface area contributed by atoms with Crippen LogP contribution in [0, 0.1) is 0 Å². The summed E-state index contributed by atoms with van der Waals surface area (Å²) in [5.41, 5.74) is 3.03. The normalized spacial score (nSPS) is 13.6. The van der Waals surface area contributed by atoms with Gasteiger partial charge in [-0.3, -0.25) is 4.79 Å². The highest BCUT2D eigenvalue weighted by molar-refractivity contribution is 5.91. The predicted molar refractivity (Wildman–Crippen MR) is 106 cm³/mol. The number of rotatable bonds is 5. The van der Waals surface area contributed by atoms with E-state index < -0.39 is 0 Å². The molecule has 0 atom stereocenters. The molecule has 3 aromatic rings. The van der Waals surface area contributed by atoms with E-state index in [-0.39, 0.29) is 5.91 Å². The van der Waals surface area contributed by atoms with Gasteiger partial charge in [0.25, 0.3) is 0 Å². The van der Waals surface area contributed by atoms with Crippen LogP contribution in [0.2, 0.25) is 0 Å². The molecule has 1 aliphatic heterocycles. The Hall–Kier alpha value is -2.95. The third kappa shape index (κ3) is 4.25. The second kappa shape index (κ2) is 8.16. The van der Waals surface area contributed by atoms with E-state index in [1.807, 2.05) is 54.6 Å². The maximum Gasteiger partial charge on any atom is 0.224 e. The summed E-state index contributed by atoms with van der Waals surface area (Å²) in [4.78, 5) is 12.2. The lowest BCUT2D eigenvalue weighted by molar-refractivity contribution is -0.116. The number of hydrogen-bond donors (Lipinski definition) is 1. The van der Waals surface area contributed by atoms with Gasteiger partial charge >= 0.3 is 0 Å². The number of carbonyl (C=O) groups excluding carboxylic acids is 1. The van der Waals surface area contributed by atoms with Gasteiger partial charge in [0.15, 0.2) is 5.82 Å². The summed E-state index contributed by atoms with van der Waals surface area (Å²) in [5.74, 6) is 2.04. The molecular weight excluding hydrogens is 336 g/mol. The molecule has 0 unspecified atom stereocenters. The maximum atomic E-state index is 12.2. The Balaban J connectivity index is 1.39. The Labute approximate surface area is 159 Å². The van der Waals surface area contributed by atoms with Gasteiger partial charge in [-0.1, -0.05) is 36.8 Å². The molecule has 4 rings (SSSR count). The summed E-state index contributed by atoms with van der Waals surface area (Å²) in [6, 6.07) is 18.0. The number of fused-ring (bicyclic) bond motifs is 1. The van der Waals surface area contributed by atoms with Crippen molar-refractivity contribution in [2.75, 3.05) is 5.32 Å². The molecule has 2 heterocycles. The minimum Gasteiger partial charge on any atom is -0.326 e. The summed E-state index contributed by atoms with van der Waals surface area (Å²) < 4.78 is 2.24. The van der Waals surface area contributed by atoms with Gasteiger partial charge in [-0.05, 0) is 49.1 Å². The van der Waals surface area contributed by atoms with Gasteiger partial charge in [0.2, 0.25) is 5.91 Å². The van der Waals surface area contributed by atoms with Crippen LogP contribution in [0.15, 0.2) is 54.6 Å². The van der Waals surface area contributed by atoms with Gasteiger partial charge in [0.1, 0.15) is 5.82 Å². The zero-order chi connectivity index (χ0) is 18.5. The number of aromatic nitrogens is 3. The average Bonchev–Trinajstić information content (AvgIpc) is 2.96. The van der Waals surface area contributed by atoms with Gasteiger partial charge in [-0.2, -0.15) is 0 Å². The number of benzene rings is 2. The summed E-state index contributed by atoms with van der Waals surface area (Å²) >= 11 is 0. The second-order valence-corrected chi connectivity index (χ2v) is 7.01. The van der Waals surface area contributed by atoms with Crippen LogP contribution in [-0.4, -0.2) is 20.7 Å². The standard InChI is InChI=1S/C22H24N4O/c27-21(15-10-17-7-3-1-4-8-17)23-19-13-11-18(12-14-19)22-25-24-20-9-5-2-6-16-26(20)22/h1,3-4,7-8,11-14H,2,5-6,9-10,15-16H2,(H,23,27). The molecule has 0 saturated heterocycles. The van der Waals surface area contributed by atoms with Crippen molar-refractivity contribution in [2.45, 2.75) is 45.1 Å². The smallest absolute Gasteiger partial charge is 0.224 e. The van der Waals surface area contributed by atoms with Crippen LogP contribution in [0.25, 0.3) is 11.4 Å². The first-order valence-electron chi connectivity index (χ1n) is 9.66. The lowest BCUT2D eigenvalue weighted by atomic mass is 10.1. The summed E-state index contributed by atoms with van der Waals surface area (Å²) in [5, 5.41) is 11.7. The van der Waals surface area contributed by atoms with Crippen molar-refractivity contribution in [3.63, 3.8) is 0 Å². The SMILES string of the molecule is O=C(CCc1ccccc1)Nc1ccc(-c2nnc3n2CCCCC3)cc1. The Morgan fingerprint density at radius 1 is 0.963 bits per heavy atom. The largest absolute Gasteiger partial charge is 0.326 e. The van der Waals surface area contributed by atoms with Crippen molar-refractivity contribution >= 4 is 11.6 Å². The number of nitrogens with zero attached hydrogens (tertiary/aromatic N) is 3. The summed E-state index contributed by atoms with van der Waals surface area (Å²) in [6.07, 6.45) is 5.83. The van der Waals surface area contributed by atoms with Crippen molar-refractivity contribution < 1.29 is 4.79 Å². The number of carbonyl (C=O) groups is 1. The topological polar surface area (TPSA) is 59.8 Å². The molecule has 2 aromatic carbocycles. The van der Waals surface area contributed by atoms with E-state index in [1.165, 1.54) is 24.8 Å². The van der Waals surface area contributed by atoms with Crippen LogP contribution >= 0.6 is 0 Å². The van der Waals surface area contributed by atoms with Crippen molar-refractivity contribution in [1.82, 2.24) is 14.8 Å². The summed E-state index contributed by atoms with van der Waals surface area (Å²) in [7, 11) is 0. The van der Waals surface area contributed by atoms with Crippen LogP contribution in [-0.2, 0) is 24.2 Å². The van der Waals surface area contributed by atoms with Gasteiger partial charge in [-0.15, -0.1) is 10.2 Å². The fraction of sp³-hybridized carbons (Fsp3) is 0.318. The monoisotopic (exact) mass is 360 g/mol. The molecule has 1 N–H and O–H groups in total. The molecule has 1 amide bonds. The van der Waals surface area contributed by atoms with Crippen LogP contribution in [0.5, 0.6) is 0 Å². The van der Waals surface area contributed by atoms with E-state index in [1.54, 1.807) is 0 Å². The molecule has 27 heavy (non-hydrogen) atoms. The first-order chi connectivity index (χ1) is 13.3. The molecule has 0 fully saturated rings. The number of nitrogens with one attached hydrogen (secondary N) is 1. The zero-order valence-corrected chi connectivity index (χ0v) is 15.4. The Morgan fingerprint density at radius 2 is 1.78 bits per heavy atom. The number of anilines is 1. The Morgan fingerprint density at radius 3 is 2.59 bits per heavy atom. The molecule has 5 heteroatoms. The Kier molecular flexibility index (Phi) is 5.28. The molecule has 0 saturated carbocycles. The first kappa shape index (κ1) is 17.5. The quantitative estimate of drug-likeness (QED) is 0.740. The molecule has 0 bridgehead atoms. The average molecular weight is 360 g/mol. The van der Waals surface area contributed by atoms with Crippen molar-refractivity contribution in [2.24, 2.45) is 0 Å². The molecule has 0 spiro atoms. The van der Waals surface area contributed by atoms with Gasteiger partial charge in [0, 0.05) is 30.6 Å². The Bertz CT molecular complexity index is 900. The van der Waals surface area contributed by atoms with Crippen LogP contribution in [0.3, 0.4) is 0 Å². The first-order valence-corrected chi connectivity index (χ1v) is 9.66. The lowest BCUT2D eigenvalue weighted by Gasteiger charge is -2.09. The molecule has 5 nitrogen and oxygen atoms in total. The van der Waals surface area contributed by atoms with E-state index in [0.29, 0.717) is 6.42 Å². The van der Waals surface area contributed by atoms with E-state index in [9.17, 15) is 4.79 Å². The number of aryl methyl sites for hydroxylation is 2. The van der Waals surface area contributed by atoms with Crippen molar-refractivity contribution in [1.29, 1.82) is 0 Å². The van der Waals surface area contributed by atoms with Gasteiger partial charge in [-0.25, -0.2) is 0 Å². The highest BCUT2D eigenvalue weighted by Gasteiger charge is 2.15. The number of hydrogen-bond acceptors (Lipinski definition) is 3.